The number of rotatable bonds is 2. The van der Waals surface area contributed by atoms with E-state index in [2.05, 4.69) is 15.3 Å². The lowest BCUT2D eigenvalue weighted by Gasteiger charge is -2.49. The quantitative estimate of drug-likeness (QED) is 0.777. The van der Waals surface area contributed by atoms with Gasteiger partial charge >= 0.3 is 0 Å². The standard InChI is InChI=1S/C15H16ClN5OS2/c1-21-14(17)20-15(3-2-4-22-13(15)24-21)12-10(16)5-11(23-12)9-6-18-8-19-7-9/h5-8,13H,2-4H2,1H3,(H2,17,20). The second-order valence-corrected chi connectivity index (χ2v) is 8.42. The third-order valence-electron chi connectivity index (χ3n) is 4.23. The SMILES string of the molecule is CN1SC2OCCCC2(c2sc(-c3cncnc3)cc2Cl)NC1=N. The molecule has 2 aliphatic heterocycles. The zero-order valence-electron chi connectivity index (χ0n) is 13.0. The maximum absolute atomic E-state index is 8.21. The van der Waals surface area contributed by atoms with E-state index in [1.807, 2.05) is 13.1 Å². The number of guanidine groups is 1. The lowest BCUT2D eigenvalue weighted by atomic mass is 9.90. The predicted octanol–water partition coefficient (Wildman–Crippen LogP) is 3.31. The third-order valence-corrected chi connectivity index (χ3v) is 7.23. The van der Waals surface area contributed by atoms with Gasteiger partial charge in [-0.1, -0.05) is 11.6 Å². The second kappa shape index (κ2) is 6.18. The normalized spacial score (nSPS) is 26.8. The van der Waals surface area contributed by atoms with Crippen LogP contribution in [0.4, 0.5) is 0 Å². The second-order valence-electron chi connectivity index (χ2n) is 5.77. The van der Waals surface area contributed by atoms with Crippen molar-refractivity contribution in [1.82, 2.24) is 19.6 Å². The molecule has 2 saturated heterocycles. The number of aromatic nitrogens is 2. The van der Waals surface area contributed by atoms with Gasteiger partial charge in [-0.05, 0) is 30.9 Å². The van der Waals surface area contributed by atoms with Crippen LogP contribution in [0.1, 0.15) is 17.7 Å². The Hall–Kier alpha value is -1.35. The average molecular weight is 382 g/mol. The first-order valence-electron chi connectivity index (χ1n) is 7.54. The Morgan fingerprint density at radius 1 is 1.46 bits per heavy atom. The minimum atomic E-state index is -0.470. The van der Waals surface area contributed by atoms with Gasteiger partial charge in [0.15, 0.2) is 5.44 Å². The van der Waals surface area contributed by atoms with E-state index < -0.39 is 5.54 Å². The molecule has 9 heteroatoms. The molecular weight excluding hydrogens is 366 g/mol. The molecule has 4 rings (SSSR count). The fraction of sp³-hybridized carbons (Fsp3) is 0.400. The first-order valence-corrected chi connectivity index (χ1v) is 9.57. The largest absolute Gasteiger partial charge is 0.363 e. The van der Waals surface area contributed by atoms with Gasteiger partial charge in [0.25, 0.3) is 0 Å². The van der Waals surface area contributed by atoms with Gasteiger partial charge in [-0.2, -0.15) is 0 Å². The van der Waals surface area contributed by atoms with Crippen LogP contribution >= 0.6 is 34.9 Å². The van der Waals surface area contributed by atoms with Crippen LogP contribution in [0.25, 0.3) is 10.4 Å². The van der Waals surface area contributed by atoms with Crippen molar-refractivity contribution in [2.75, 3.05) is 13.7 Å². The van der Waals surface area contributed by atoms with Crippen LogP contribution in [0.15, 0.2) is 24.8 Å². The van der Waals surface area contributed by atoms with E-state index >= 15 is 0 Å². The molecule has 0 spiro atoms. The Morgan fingerprint density at radius 2 is 2.25 bits per heavy atom. The fourth-order valence-electron chi connectivity index (χ4n) is 3.05. The molecular formula is C15H16ClN5OS2. The van der Waals surface area contributed by atoms with Crippen LogP contribution in [0.3, 0.4) is 0 Å². The van der Waals surface area contributed by atoms with E-state index in [9.17, 15) is 0 Å². The summed E-state index contributed by atoms with van der Waals surface area (Å²) in [4.78, 5) is 10.2. The highest BCUT2D eigenvalue weighted by Crippen LogP contribution is 2.50. The van der Waals surface area contributed by atoms with Crippen LogP contribution in [-0.4, -0.2) is 39.3 Å². The van der Waals surface area contributed by atoms with Gasteiger partial charge in [-0.3, -0.25) is 9.71 Å². The van der Waals surface area contributed by atoms with Crippen LogP contribution in [0, 0.1) is 5.41 Å². The lowest BCUT2D eigenvalue weighted by Crippen LogP contribution is -2.62. The number of halogens is 1. The predicted molar refractivity (Wildman–Crippen MR) is 97.2 cm³/mol. The molecule has 0 saturated carbocycles. The van der Waals surface area contributed by atoms with Gasteiger partial charge in [0.1, 0.15) is 11.9 Å². The average Bonchev–Trinajstić information content (AvgIpc) is 2.99. The number of nitrogens with zero attached hydrogens (tertiary/aromatic N) is 3. The van der Waals surface area contributed by atoms with E-state index in [-0.39, 0.29) is 5.44 Å². The summed E-state index contributed by atoms with van der Waals surface area (Å²) in [6.45, 7) is 0.727. The fourth-order valence-corrected chi connectivity index (χ4v) is 5.87. The summed E-state index contributed by atoms with van der Waals surface area (Å²) < 4.78 is 7.81. The number of hydrogen-bond acceptors (Lipinski definition) is 6. The van der Waals surface area contributed by atoms with Crippen molar-refractivity contribution < 1.29 is 4.74 Å². The van der Waals surface area contributed by atoms with Crippen molar-refractivity contribution in [3.8, 4) is 10.4 Å². The molecule has 2 unspecified atom stereocenters. The van der Waals surface area contributed by atoms with Crippen molar-refractivity contribution in [3.05, 3.63) is 34.7 Å². The summed E-state index contributed by atoms with van der Waals surface area (Å²) in [5.74, 6) is 0.371. The number of hydrogen-bond donors (Lipinski definition) is 2. The molecule has 2 aromatic heterocycles. The van der Waals surface area contributed by atoms with Gasteiger partial charge in [0, 0.05) is 36.5 Å². The summed E-state index contributed by atoms with van der Waals surface area (Å²) >= 11 is 9.76. The highest BCUT2D eigenvalue weighted by molar-refractivity contribution is 7.98. The van der Waals surface area contributed by atoms with E-state index in [1.165, 1.54) is 18.3 Å². The Kier molecular flexibility index (Phi) is 4.16. The topological polar surface area (TPSA) is 74.1 Å². The van der Waals surface area contributed by atoms with E-state index in [1.54, 1.807) is 28.0 Å². The van der Waals surface area contributed by atoms with E-state index in [4.69, 9.17) is 21.7 Å². The molecule has 0 amide bonds. The van der Waals surface area contributed by atoms with Gasteiger partial charge in [0.05, 0.1) is 9.90 Å². The Balaban J connectivity index is 1.78. The van der Waals surface area contributed by atoms with Crippen molar-refractivity contribution in [2.24, 2.45) is 0 Å². The van der Waals surface area contributed by atoms with Gasteiger partial charge in [-0.15, -0.1) is 11.3 Å². The molecule has 0 aliphatic carbocycles. The third kappa shape index (κ3) is 2.57. The maximum atomic E-state index is 8.21. The molecule has 2 fully saturated rings. The monoisotopic (exact) mass is 381 g/mol. The molecule has 0 bridgehead atoms. The minimum Gasteiger partial charge on any atom is -0.363 e. The van der Waals surface area contributed by atoms with Gasteiger partial charge in [-0.25, -0.2) is 9.97 Å². The number of ether oxygens (including phenoxy) is 1. The Bertz CT molecular complexity index is 770. The van der Waals surface area contributed by atoms with E-state index in [0.717, 1.165) is 34.8 Å². The smallest absolute Gasteiger partial charge is 0.201 e. The molecule has 2 aromatic rings. The van der Waals surface area contributed by atoms with Crippen LogP contribution in [0.5, 0.6) is 0 Å². The van der Waals surface area contributed by atoms with Crippen molar-refractivity contribution in [2.45, 2.75) is 23.8 Å². The summed E-state index contributed by atoms with van der Waals surface area (Å²) in [5, 5.41) is 12.3. The van der Waals surface area contributed by atoms with Crippen molar-refractivity contribution >= 4 is 40.8 Å². The molecule has 6 nitrogen and oxygen atoms in total. The zero-order valence-corrected chi connectivity index (χ0v) is 15.3. The highest BCUT2D eigenvalue weighted by Gasteiger charge is 2.51. The molecule has 2 atom stereocenters. The maximum Gasteiger partial charge on any atom is 0.201 e. The molecule has 2 N–H and O–H groups in total. The van der Waals surface area contributed by atoms with Crippen molar-refractivity contribution in [1.29, 1.82) is 5.41 Å². The highest BCUT2D eigenvalue weighted by atomic mass is 35.5. The van der Waals surface area contributed by atoms with E-state index in [0.29, 0.717) is 11.0 Å². The first-order chi connectivity index (χ1) is 11.6. The summed E-state index contributed by atoms with van der Waals surface area (Å²) in [7, 11) is 1.87. The van der Waals surface area contributed by atoms with Crippen LogP contribution in [0.2, 0.25) is 5.02 Å². The minimum absolute atomic E-state index is 0.110. The number of nitrogens with one attached hydrogen (secondary N) is 2. The molecule has 24 heavy (non-hydrogen) atoms. The van der Waals surface area contributed by atoms with Gasteiger partial charge < -0.3 is 10.1 Å². The summed E-state index contributed by atoms with van der Waals surface area (Å²) in [5.41, 5.74) is 0.361. The number of thiophene rings is 1. The Labute approximate surface area is 153 Å². The molecule has 2 aliphatic rings. The first kappa shape index (κ1) is 16.1. The molecule has 0 aromatic carbocycles. The van der Waals surface area contributed by atoms with Gasteiger partial charge in [0.2, 0.25) is 5.96 Å². The zero-order chi connectivity index (χ0) is 16.7. The molecule has 126 valence electrons. The summed E-state index contributed by atoms with van der Waals surface area (Å²) in [6.07, 6.45) is 6.89. The van der Waals surface area contributed by atoms with Crippen LogP contribution < -0.4 is 5.32 Å². The van der Waals surface area contributed by atoms with Crippen molar-refractivity contribution in [3.63, 3.8) is 0 Å². The Morgan fingerprint density at radius 3 is 3.04 bits per heavy atom. The lowest BCUT2D eigenvalue weighted by molar-refractivity contribution is -0.00140. The molecule has 4 heterocycles. The molecule has 0 radical (unpaired) electrons. The number of fused-ring (bicyclic) bond motifs is 1. The summed E-state index contributed by atoms with van der Waals surface area (Å²) in [6, 6.07) is 1.95. The van der Waals surface area contributed by atoms with Crippen LogP contribution in [-0.2, 0) is 10.3 Å².